The highest BCUT2D eigenvalue weighted by Crippen LogP contribution is 2.34. The minimum Gasteiger partial charge on any atom is -0.482 e. The fourth-order valence-electron chi connectivity index (χ4n) is 4.46. The number of carbonyl (C=O) groups excluding carboxylic acids is 2. The van der Waals surface area contributed by atoms with Crippen LogP contribution >= 0.6 is 11.3 Å². The maximum Gasteiger partial charge on any atom is 0.279 e. The highest BCUT2D eigenvalue weighted by molar-refractivity contribution is 7.07. The number of amides is 2. The second-order valence-electron chi connectivity index (χ2n) is 8.95. The van der Waals surface area contributed by atoms with Crippen LogP contribution in [0.1, 0.15) is 19.4 Å². The molecule has 2 amide bonds. The number of anilines is 2. The number of thiazole rings is 1. The van der Waals surface area contributed by atoms with Crippen molar-refractivity contribution < 1.29 is 14.3 Å². The normalized spacial score (nSPS) is 16.1. The Morgan fingerprint density at radius 3 is 2.59 bits per heavy atom. The Hall–Kier alpha value is -4.50. The lowest BCUT2D eigenvalue weighted by Gasteiger charge is -2.21. The van der Waals surface area contributed by atoms with Gasteiger partial charge in [-0.05, 0) is 50.2 Å². The van der Waals surface area contributed by atoms with E-state index in [1.807, 2.05) is 92.0 Å². The Morgan fingerprint density at radius 2 is 1.78 bits per heavy atom. The lowest BCUT2D eigenvalue weighted by molar-refractivity contribution is -0.118. The summed E-state index contributed by atoms with van der Waals surface area (Å²) in [4.78, 5) is 32.7. The summed E-state index contributed by atoms with van der Waals surface area (Å²) in [5.74, 6) is 0.250. The molecule has 8 nitrogen and oxygen atoms in total. The van der Waals surface area contributed by atoms with Gasteiger partial charge < -0.3 is 15.0 Å². The van der Waals surface area contributed by atoms with Gasteiger partial charge in [-0.15, -0.1) is 11.3 Å². The summed E-state index contributed by atoms with van der Waals surface area (Å²) in [5, 5.41) is 9.72. The maximum absolute atomic E-state index is 13.6. The smallest absolute Gasteiger partial charge is 0.279 e. The van der Waals surface area contributed by atoms with Crippen molar-refractivity contribution in [1.82, 2.24) is 4.68 Å². The predicted molar refractivity (Wildman–Crippen MR) is 145 cm³/mol. The van der Waals surface area contributed by atoms with Gasteiger partial charge in [0.15, 0.2) is 12.3 Å². The fraction of sp³-hybridized carbons (Fsp3) is 0.143. The van der Waals surface area contributed by atoms with Gasteiger partial charge in [-0.25, -0.2) is 9.67 Å². The minimum atomic E-state index is -0.204. The number of fused-ring (bicyclic) bond motifs is 2. The zero-order valence-electron chi connectivity index (χ0n) is 20.2. The molecule has 37 heavy (non-hydrogen) atoms. The first-order valence-electron chi connectivity index (χ1n) is 11.9. The van der Waals surface area contributed by atoms with Crippen LogP contribution < -0.4 is 19.8 Å². The van der Waals surface area contributed by atoms with Crippen molar-refractivity contribution in [3.63, 3.8) is 0 Å². The third-order valence-electron chi connectivity index (χ3n) is 6.13. The average Bonchev–Trinajstić information content (AvgIpc) is 3.42. The molecule has 0 fully saturated rings. The standard InChI is InChI=1S/C28H23N5O3S/c1-17(2)32-22-11-7-6-10-20(22)26(27(32)35)31-33-23(16-37-28(33)29-19-8-4-3-5-9-19)18-12-13-24-21(14-18)30-25(34)15-36-24/h3-14,16-17H,15H2,1-2H3,(H,30,34). The topological polar surface area (TPSA) is 88.3 Å². The average molecular weight is 510 g/mol. The van der Waals surface area contributed by atoms with Crippen molar-refractivity contribution in [3.05, 3.63) is 88.5 Å². The van der Waals surface area contributed by atoms with Crippen molar-refractivity contribution >= 4 is 45.9 Å². The van der Waals surface area contributed by atoms with Crippen molar-refractivity contribution in [2.75, 3.05) is 16.8 Å². The van der Waals surface area contributed by atoms with E-state index >= 15 is 0 Å². The zero-order valence-corrected chi connectivity index (χ0v) is 21.0. The summed E-state index contributed by atoms with van der Waals surface area (Å²) in [6.07, 6.45) is 0. The highest BCUT2D eigenvalue weighted by Gasteiger charge is 2.35. The molecule has 1 N–H and O–H groups in total. The summed E-state index contributed by atoms with van der Waals surface area (Å²) >= 11 is 1.42. The minimum absolute atomic E-state index is 0.00751. The largest absolute Gasteiger partial charge is 0.482 e. The van der Waals surface area contributed by atoms with Crippen LogP contribution in [0.5, 0.6) is 5.75 Å². The molecule has 3 aromatic carbocycles. The van der Waals surface area contributed by atoms with Gasteiger partial charge in [0.05, 0.1) is 22.8 Å². The molecular formula is C28H23N5O3S. The van der Waals surface area contributed by atoms with Gasteiger partial charge in [-0.1, -0.05) is 36.4 Å². The Balaban J connectivity index is 1.56. The molecule has 2 aliphatic heterocycles. The lowest BCUT2D eigenvalue weighted by atomic mass is 10.1. The van der Waals surface area contributed by atoms with E-state index in [2.05, 4.69) is 5.32 Å². The lowest BCUT2D eigenvalue weighted by Crippen LogP contribution is -2.36. The summed E-state index contributed by atoms with van der Waals surface area (Å²) in [5.41, 5.74) is 4.89. The van der Waals surface area contributed by atoms with Gasteiger partial charge in [-0.3, -0.25) is 9.59 Å². The molecule has 0 radical (unpaired) electrons. The maximum atomic E-state index is 13.6. The number of nitrogens with one attached hydrogen (secondary N) is 1. The number of hydrogen-bond donors (Lipinski definition) is 1. The van der Waals surface area contributed by atoms with Crippen LogP contribution in [0.15, 0.2) is 88.3 Å². The van der Waals surface area contributed by atoms with E-state index in [9.17, 15) is 9.59 Å². The fourth-order valence-corrected chi connectivity index (χ4v) is 5.31. The van der Waals surface area contributed by atoms with Crippen molar-refractivity contribution in [1.29, 1.82) is 0 Å². The molecule has 0 unspecified atom stereocenters. The van der Waals surface area contributed by atoms with Crippen LogP contribution in [0.3, 0.4) is 0 Å². The van der Waals surface area contributed by atoms with Crippen molar-refractivity contribution in [2.45, 2.75) is 19.9 Å². The first kappa shape index (κ1) is 22.9. The predicted octanol–water partition coefficient (Wildman–Crippen LogP) is 4.79. The summed E-state index contributed by atoms with van der Waals surface area (Å²) in [6, 6.07) is 22.9. The van der Waals surface area contributed by atoms with Gasteiger partial charge >= 0.3 is 0 Å². The molecule has 4 aromatic rings. The Labute approximate surface area is 217 Å². The number of aromatic nitrogens is 1. The number of benzene rings is 3. The van der Waals surface area contributed by atoms with Crippen LogP contribution in [-0.4, -0.2) is 34.9 Å². The molecule has 3 heterocycles. The van der Waals surface area contributed by atoms with E-state index in [-0.39, 0.29) is 24.5 Å². The first-order valence-corrected chi connectivity index (χ1v) is 12.8. The van der Waals surface area contributed by atoms with Crippen LogP contribution in [-0.2, 0) is 9.59 Å². The number of carbonyl (C=O) groups is 2. The third kappa shape index (κ3) is 4.13. The van der Waals surface area contributed by atoms with E-state index in [1.54, 1.807) is 9.58 Å². The Morgan fingerprint density at radius 1 is 1.00 bits per heavy atom. The number of para-hydroxylation sites is 2. The van der Waals surface area contributed by atoms with E-state index in [0.717, 1.165) is 28.2 Å². The molecule has 0 atom stereocenters. The number of ether oxygens (including phenoxy) is 1. The second-order valence-corrected chi connectivity index (χ2v) is 9.78. The van der Waals surface area contributed by atoms with Crippen LogP contribution in [0.2, 0.25) is 0 Å². The highest BCUT2D eigenvalue weighted by atomic mass is 32.1. The monoisotopic (exact) mass is 509 g/mol. The summed E-state index contributed by atoms with van der Waals surface area (Å²) in [7, 11) is 0. The van der Waals surface area contributed by atoms with Gasteiger partial charge in [0.2, 0.25) is 4.80 Å². The number of rotatable bonds is 4. The number of nitrogens with zero attached hydrogens (tertiary/aromatic N) is 4. The molecule has 2 aliphatic rings. The van der Waals surface area contributed by atoms with Crippen molar-refractivity contribution in [2.24, 2.45) is 10.1 Å². The Kier molecular flexibility index (Phi) is 5.69. The van der Waals surface area contributed by atoms with Crippen LogP contribution in [0.25, 0.3) is 11.3 Å². The summed E-state index contributed by atoms with van der Waals surface area (Å²) in [6.45, 7) is 3.97. The first-order chi connectivity index (χ1) is 18.0. The van der Waals surface area contributed by atoms with Crippen LogP contribution in [0, 0.1) is 0 Å². The van der Waals surface area contributed by atoms with Gasteiger partial charge in [0, 0.05) is 22.5 Å². The molecule has 0 bridgehead atoms. The van der Waals surface area contributed by atoms with E-state index in [4.69, 9.17) is 14.8 Å². The van der Waals surface area contributed by atoms with E-state index < -0.39 is 0 Å². The molecule has 1 aromatic heterocycles. The number of hydrogen-bond acceptors (Lipinski definition) is 6. The summed E-state index contributed by atoms with van der Waals surface area (Å²) < 4.78 is 7.23. The molecule has 9 heteroatoms. The molecule has 0 saturated heterocycles. The van der Waals surface area contributed by atoms with Crippen molar-refractivity contribution in [3.8, 4) is 17.0 Å². The molecule has 6 rings (SSSR count). The van der Waals surface area contributed by atoms with E-state index in [1.165, 1.54) is 11.3 Å². The Bertz CT molecular complexity index is 1640. The quantitative estimate of drug-likeness (QED) is 0.429. The molecular weight excluding hydrogens is 486 g/mol. The zero-order chi connectivity index (χ0) is 25.5. The van der Waals surface area contributed by atoms with Gasteiger partial charge in [-0.2, -0.15) is 5.10 Å². The third-order valence-corrected chi connectivity index (χ3v) is 6.95. The molecule has 0 spiro atoms. The molecule has 184 valence electrons. The second kappa shape index (κ2) is 9.18. The molecule has 0 saturated carbocycles. The van der Waals surface area contributed by atoms with Gasteiger partial charge in [0.1, 0.15) is 5.75 Å². The van der Waals surface area contributed by atoms with E-state index in [0.29, 0.717) is 21.9 Å². The van der Waals surface area contributed by atoms with Gasteiger partial charge in [0.25, 0.3) is 11.8 Å². The molecule has 0 aliphatic carbocycles. The van der Waals surface area contributed by atoms with Crippen LogP contribution in [0.4, 0.5) is 17.1 Å². The SMILES string of the molecule is CC(C)N1C(=O)C(=Nn2c(-c3ccc4c(c3)NC(=O)CO4)csc2=Nc2ccccc2)c2ccccc21.